The molecule has 0 radical (unpaired) electrons. The van der Waals surface area contributed by atoms with E-state index in [1.165, 1.54) is 0 Å². The first-order chi connectivity index (χ1) is 8.24. The zero-order valence-corrected chi connectivity index (χ0v) is 9.21. The molecule has 2 aromatic rings. The van der Waals surface area contributed by atoms with Crippen LogP contribution in [-0.4, -0.2) is 21.0 Å². The summed E-state index contributed by atoms with van der Waals surface area (Å²) in [6, 6.07) is 6.49. The summed E-state index contributed by atoms with van der Waals surface area (Å²) < 4.78 is 0. The van der Waals surface area contributed by atoms with Crippen molar-refractivity contribution in [1.82, 2.24) is 15.0 Å². The van der Waals surface area contributed by atoms with Crippen LogP contribution in [0.15, 0.2) is 36.7 Å². The van der Waals surface area contributed by atoms with Crippen LogP contribution >= 0.6 is 0 Å². The summed E-state index contributed by atoms with van der Waals surface area (Å²) in [5.74, 6) is 1.53. The molecular formula is C11H11N5O. The van der Waals surface area contributed by atoms with Gasteiger partial charge < -0.3 is 0 Å². The zero-order chi connectivity index (χ0) is 12.1. The largest absolute Gasteiger partial charge is 0.326 e. The van der Waals surface area contributed by atoms with E-state index in [9.17, 15) is 4.79 Å². The summed E-state index contributed by atoms with van der Waals surface area (Å²) in [4.78, 5) is 23.5. The second kappa shape index (κ2) is 5.02. The van der Waals surface area contributed by atoms with Crippen LogP contribution in [0.5, 0.6) is 0 Å². The van der Waals surface area contributed by atoms with Crippen molar-refractivity contribution in [3.63, 3.8) is 0 Å². The van der Waals surface area contributed by atoms with Gasteiger partial charge >= 0.3 is 6.03 Å². The Kier molecular flexibility index (Phi) is 3.25. The smallest absolute Gasteiger partial charge is 0.292 e. The van der Waals surface area contributed by atoms with Crippen molar-refractivity contribution >= 4 is 17.7 Å². The molecule has 6 heteroatoms. The third-order valence-corrected chi connectivity index (χ3v) is 1.92. The third kappa shape index (κ3) is 3.23. The van der Waals surface area contributed by atoms with E-state index in [0.717, 1.165) is 0 Å². The number of rotatable bonds is 2. The Balaban J connectivity index is 1.98. The molecule has 0 aromatic carbocycles. The predicted octanol–water partition coefficient (Wildman–Crippen LogP) is 1.82. The van der Waals surface area contributed by atoms with E-state index in [4.69, 9.17) is 0 Å². The van der Waals surface area contributed by atoms with Crippen LogP contribution in [0.4, 0.5) is 16.4 Å². The summed E-state index contributed by atoms with van der Waals surface area (Å²) in [6.07, 6.45) is 3.18. The van der Waals surface area contributed by atoms with E-state index in [1.54, 1.807) is 43.6 Å². The Morgan fingerprint density at radius 2 is 1.88 bits per heavy atom. The van der Waals surface area contributed by atoms with E-state index in [-0.39, 0.29) is 6.03 Å². The van der Waals surface area contributed by atoms with Gasteiger partial charge in [-0.1, -0.05) is 6.07 Å². The number of urea groups is 1. The lowest BCUT2D eigenvalue weighted by Crippen LogP contribution is -2.20. The lowest BCUT2D eigenvalue weighted by Gasteiger charge is -2.05. The van der Waals surface area contributed by atoms with Crippen LogP contribution in [0.1, 0.15) is 5.82 Å². The second-order valence-electron chi connectivity index (χ2n) is 3.28. The molecule has 0 fully saturated rings. The molecular weight excluding hydrogens is 218 g/mol. The molecule has 2 heterocycles. The van der Waals surface area contributed by atoms with Crippen LogP contribution in [-0.2, 0) is 0 Å². The van der Waals surface area contributed by atoms with Gasteiger partial charge in [-0.05, 0) is 25.1 Å². The lowest BCUT2D eigenvalue weighted by atomic mass is 10.5. The molecule has 0 aliphatic heterocycles. The fraction of sp³-hybridized carbons (Fsp3) is 0.0909. The third-order valence-electron chi connectivity index (χ3n) is 1.92. The van der Waals surface area contributed by atoms with Crippen molar-refractivity contribution in [1.29, 1.82) is 0 Å². The fourth-order valence-electron chi connectivity index (χ4n) is 1.23. The number of hydrogen-bond donors (Lipinski definition) is 2. The molecule has 0 atom stereocenters. The number of nitrogens with one attached hydrogen (secondary N) is 2. The first-order valence-corrected chi connectivity index (χ1v) is 5.03. The topological polar surface area (TPSA) is 79.8 Å². The molecule has 0 bridgehead atoms. The maximum absolute atomic E-state index is 11.6. The van der Waals surface area contributed by atoms with E-state index < -0.39 is 0 Å². The minimum absolute atomic E-state index is 0.387. The highest BCUT2D eigenvalue weighted by molar-refractivity contribution is 5.98. The normalized spacial score (nSPS) is 9.71. The first-order valence-electron chi connectivity index (χ1n) is 5.03. The van der Waals surface area contributed by atoms with Gasteiger partial charge in [-0.3, -0.25) is 10.6 Å². The first kappa shape index (κ1) is 11.0. The monoisotopic (exact) mass is 229 g/mol. The van der Waals surface area contributed by atoms with Gasteiger partial charge in [-0.15, -0.1) is 0 Å². The molecule has 2 rings (SSSR count). The van der Waals surface area contributed by atoms with Crippen LogP contribution < -0.4 is 10.6 Å². The van der Waals surface area contributed by atoms with Gasteiger partial charge in [0.15, 0.2) is 0 Å². The van der Waals surface area contributed by atoms with E-state index in [1.807, 2.05) is 0 Å². The van der Waals surface area contributed by atoms with Crippen LogP contribution in [0.3, 0.4) is 0 Å². The van der Waals surface area contributed by atoms with Crippen LogP contribution in [0, 0.1) is 6.92 Å². The molecule has 0 saturated heterocycles. The standard InChI is InChI=1S/C11H11N5O/c1-8-12-7-5-10(14-8)16-11(17)15-9-4-2-3-6-13-9/h2-7H,1H3,(H2,12,13,14,15,16,17). The number of carbonyl (C=O) groups is 1. The molecule has 0 unspecified atom stereocenters. The molecule has 17 heavy (non-hydrogen) atoms. The highest BCUT2D eigenvalue weighted by atomic mass is 16.2. The number of aromatic nitrogens is 3. The minimum atomic E-state index is -0.387. The maximum Gasteiger partial charge on any atom is 0.326 e. The molecule has 2 amide bonds. The number of nitrogens with zero attached hydrogens (tertiary/aromatic N) is 3. The van der Waals surface area contributed by atoms with Gasteiger partial charge in [0.2, 0.25) is 0 Å². The average molecular weight is 229 g/mol. The van der Waals surface area contributed by atoms with E-state index >= 15 is 0 Å². The van der Waals surface area contributed by atoms with Crippen molar-refractivity contribution in [3.8, 4) is 0 Å². The molecule has 0 aliphatic rings. The van der Waals surface area contributed by atoms with Gasteiger partial charge in [0.25, 0.3) is 0 Å². The van der Waals surface area contributed by atoms with Gasteiger partial charge in [0.1, 0.15) is 17.5 Å². The molecule has 0 spiro atoms. The number of hydrogen-bond acceptors (Lipinski definition) is 4. The highest BCUT2D eigenvalue weighted by Crippen LogP contribution is 2.04. The molecule has 0 aliphatic carbocycles. The lowest BCUT2D eigenvalue weighted by molar-refractivity contribution is 0.262. The maximum atomic E-state index is 11.6. The summed E-state index contributed by atoms with van der Waals surface area (Å²) in [5.41, 5.74) is 0. The predicted molar refractivity (Wildman–Crippen MR) is 63.6 cm³/mol. The van der Waals surface area contributed by atoms with Gasteiger partial charge in [-0.2, -0.15) is 0 Å². The van der Waals surface area contributed by atoms with Crippen molar-refractivity contribution < 1.29 is 4.79 Å². The van der Waals surface area contributed by atoms with Crippen molar-refractivity contribution in [2.45, 2.75) is 6.92 Å². The van der Waals surface area contributed by atoms with Gasteiger partial charge in [0, 0.05) is 12.4 Å². The highest BCUT2D eigenvalue weighted by Gasteiger charge is 2.03. The average Bonchev–Trinajstić information content (AvgIpc) is 2.30. The molecule has 2 aromatic heterocycles. The summed E-state index contributed by atoms with van der Waals surface area (Å²) in [5, 5.41) is 5.18. The molecule has 6 nitrogen and oxygen atoms in total. The minimum Gasteiger partial charge on any atom is -0.292 e. The number of pyridine rings is 1. The van der Waals surface area contributed by atoms with Crippen molar-refractivity contribution in [2.75, 3.05) is 10.6 Å². The summed E-state index contributed by atoms with van der Waals surface area (Å²) >= 11 is 0. The Hall–Kier alpha value is -2.50. The Labute approximate surface area is 98.1 Å². The van der Waals surface area contributed by atoms with Crippen LogP contribution in [0.25, 0.3) is 0 Å². The fourth-order valence-corrected chi connectivity index (χ4v) is 1.23. The number of carbonyl (C=O) groups excluding carboxylic acids is 1. The Morgan fingerprint density at radius 1 is 1.06 bits per heavy atom. The number of amides is 2. The zero-order valence-electron chi connectivity index (χ0n) is 9.21. The summed E-state index contributed by atoms with van der Waals surface area (Å²) in [7, 11) is 0. The number of anilines is 2. The second-order valence-corrected chi connectivity index (χ2v) is 3.28. The Morgan fingerprint density at radius 3 is 2.59 bits per heavy atom. The van der Waals surface area contributed by atoms with Crippen molar-refractivity contribution in [2.24, 2.45) is 0 Å². The molecule has 0 saturated carbocycles. The van der Waals surface area contributed by atoms with Gasteiger partial charge in [-0.25, -0.2) is 19.7 Å². The molecule has 86 valence electrons. The quantitative estimate of drug-likeness (QED) is 0.823. The van der Waals surface area contributed by atoms with E-state index in [2.05, 4.69) is 25.6 Å². The number of aryl methyl sites for hydroxylation is 1. The van der Waals surface area contributed by atoms with Crippen LogP contribution in [0.2, 0.25) is 0 Å². The van der Waals surface area contributed by atoms with E-state index in [0.29, 0.717) is 17.5 Å². The Bertz CT molecular complexity index is 514. The summed E-state index contributed by atoms with van der Waals surface area (Å²) in [6.45, 7) is 1.75. The van der Waals surface area contributed by atoms with Crippen molar-refractivity contribution in [3.05, 3.63) is 42.5 Å². The SMILES string of the molecule is Cc1nccc(NC(=O)Nc2ccccn2)n1. The van der Waals surface area contributed by atoms with Gasteiger partial charge in [0.05, 0.1) is 0 Å². The molecule has 2 N–H and O–H groups in total.